The van der Waals surface area contributed by atoms with Crippen molar-refractivity contribution < 1.29 is 14.3 Å². The van der Waals surface area contributed by atoms with Gasteiger partial charge in [-0.1, -0.05) is 72.8 Å². The first-order valence-electron chi connectivity index (χ1n) is 9.47. The van der Waals surface area contributed by atoms with Gasteiger partial charge in [0, 0.05) is 12.0 Å². The van der Waals surface area contributed by atoms with Crippen molar-refractivity contribution in [1.82, 2.24) is 0 Å². The van der Waals surface area contributed by atoms with Gasteiger partial charge in [-0.05, 0) is 36.3 Å². The number of ether oxygens (including phenoxy) is 2. The average molecular weight is 372 g/mol. The van der Waals surface area contributed by atoms with Gasteiger partial charge in [0.25, 0.3) is 0 Å². The molecule has 3 heteroatoms. The second kappa shape index (κ2) is 10.1. The van der Waals surface area contributed by atoms with Crippen molar-refractivity contribution in [3.63, 3.8) is 0 Å². The molecule has 0 aliphatic heterocycles. The van der Waals surface area contributed by atoms with E-state index in [1.807, 2.05) is 73.7 Å². The molecule has 28 heavy (non-hydrogen) atoms. The minimum Gasteiger partial charge on any atom is -0.490 e. The molecule has 0 radical (unpaired) electrons. The molecule has 0 aliphatic carbocycles. The van der Waals surface area contributed by atoms with Gasteiger partial charge in [0.2, 0.25) is 0 Å². The molecule has 3 nitrogen and oxygen atoms in total. The third kappa shape index (κ3) is 5.58. The van der Waals surface area contributed by atoms with E-state index in [2.05, 4.69) is 12.1 Å². The molecule has 0 aromatic heterocycles. The molecule has 0 heterocycles. The van der Waals surface area contributed by atoms with Gasteiger partial charge in [0.15, 0.2) is 17.3 Å². The summed E-state index contributed by atoms with van der Waals surface area (Å²) in [6, 6.07) is 25.2. The van der Waals surface area contributed by atoms with E-state index in [1.54, 1.807) is 12.2 Å². The lowest BCUT2D eigenvalue weighted by Gasteiger charge is -2.12. The smallest absolute Gasteiger partial charge is 0.185 e. The summed E-state index contributed by atoms with van der Waals surface area (Å²) >= 11 is 0. The number of benzene rings is 3. The van der Waals surface area contributed by atoms with Crippen LogP contribution in [0.25, 0.3) is 6.08 Å². The minimum atomic E-state index is -0.0262. The standard InChI is InChI=1S/C25H24O3/c1-2-27-25-19-21(13-15-23(26)22-11-7-4-8-12-22)14-16-24(25)28-18-17-20-9-5-3-6-10-20/h3-16,19H,2,17-18H2,1H3/b15-13+. The summed E-state index contributed by atoms with van der Waals surface area (Å²) in [6.45, 7) is 3.06. The van der Waals surface area contributed by atoms with E-state index in [4.69, 9.17) is 9.47 Å². The number of carbonyl (C=O) groups excluding carboxylic acids is 1. The molecule has 3 aromatic carbocycles. The first kappa shape index (κ1) is 19.4. The predicted octanol–water partition coefficient (Wildman–Crippen LogP) is 5.60. The molecule has 3 aromatic rings. The normalized spacial score (nSPS) is 10.8. The Morgan fingerprint density at radius 1 is 0.857 bits per heavy atom. The zero-order chi connectivity index (χ0) is 19.6. The minimum absolute atomic E-state index is 0.0262. The van der Waals surface area contributed by atoms with Gasteiger partial charge in [-0.15, -0.1) is 0 Å². The first-order valence-corrected chi connectivity index (χ1v) is 9.47. The Balaban J connectivity index is 1.66. The SMILES string of the molecule is CCOc1cc(/C=C/C(=O)c2ccccc2)ccc1OCCc1ccccc1. The van der Waals surface area contributed by atoms with E-state index in [0.717, 1.165) is 12.0 Å². The van der Waals surface area contributed by atoms with E-state index in [9.17, 15) is 4.79 Å². The highest BCUT2D eigenvalue weighted by molar-refractivity contribution is 6.06. The Hall–Kier alpha value is -3.33. The summed E-state index contributed by atoms with van der Waals surface area (Å²) in [6.07, 6.45) is 4.21. The van der Waals surface area contributed by atoms with Crippen LogP contribution in [0, 0.1) is 0 Å². The van der Waals surface area contributed by atoms with Gasteiger partial charge in [0.05, 0.1) is 13.2 Å². The van der Waals surface area contributed by atoms with Gasteiger partial charge < -0.3 is 9.47 Å². The highest BCUT2D eigenvalue weighted by Crippen LogP contribution is 2.29. The number of hydrogen-bond acceptors (Lipinski definition) is 3. The van der Waals surface area contributed by atoms with Crippen molar-refractivity contribution in [1.29, 1.82) is 0 Å². The van der Waals surface area contributed by atoms with Gasteiger partial charge in [-0.3, -0.25) is 4.79 Å². The van der Waals surface area contributed by atoms with Crippen LogP contribution in [0.3, 0.4) is 0 Å². The number of hydrogen-bond donors (Lipinski definition) is 0. The van der Waals surface area contributed by atoms with Crippen molar-refractivity contribution in [2.45, 2.75) is 13.3 Å². The Morgan fingerprint density at radius 3 is 2.29 bits per heavy atom. The van der Waals surface area contributed by atoms with E-state index in [-0.39, 0.29) is 5.78 Å². The lowest BCUT2D eigenvalue weighted by atomic mass is 10.1. The van der Waals surface area contributed by atoms with Crippen LogP contribution < -0.4 is 9.47 Å². The van der Waals surface area contributed by atoms with Crippen molar-refractivity contribution in [2.24, 2.45) is 0 Å². The van der Waals surface area contributed by atoms with E-state index in [1.165, 1.54) is 5.56 Å². The highest BCUT2D eigenvalue weighted by Gasteiger charge is 2.07. The summed E-state index contributed by atoms with van der Waals surface area (Å²) in [4.78, 5) is 12.2. The molecule has 0 N–H and O–H groups in total. The summed E-state index contributed by atoms with van der Waals surface area (Å²) in [5.74, 6) is 1.37. The average Bonchev–Trinajstić information content (AvgIpc) is 2.75. The lowest BCUT2D eigenvalue weighted by Crippen LogP contribution is -2.03. The summed E-state index contributed by atoms with van der Waals surface area (Å²) in [5.41, 5.74) is 2.80. The van der Waals surface area contributed by atoms with Crippen LogP contribution in [0.2, 0.25) is 0 Å². The Labute approximate surface area is 166 Å². The number of carbonyl (C=O) groups is 1. The third-order valence-corrected chi connectivity index (χ3v) is 4.24. The molecule has 0 saturated carbocycles. The van der Waals surface area contributed by atoms with Gasteiger partial charge >= 0.3 is 0 Å². The van der Waals surface area contributed by atoms with Crippen LogP contribution >= 0.6 is 0 Å². The maximum Gasteiger partial charge on any atom is 0.185 e. The molecular weight excluding hydrogens is 348 g/mol. The van der Waals surface area contributed by atoms with Crippen LogP contribution in [0.1, 0.15) is 28.4 Å². The molecule has 0 spiro atoms. The molecule has 0 aliphatic rings. The molecule has 0 fully saturated rings. The van der Waals surface area contributed by atoms with E-state index < -0.39 is 0 Å². The van der Waals surface area contributed by atoms with Gasteiger partial charge in [0.1, 0.15) is 0 Å². The predicted molar refractivity (Wildman–Crippen MR) is 113 cm³/mol. The quantitative estimate of drug-likeness (QED) is 0.362. The topological polar surface area (TPSA) is 35.5 Å². The molecule has 0 amide bonds. The molecule has 0 saturated heterocycles. The van der Waals surface area contributed by atoms with E-state index in [0.29, 0.717) is 30.3 Å². The van der Waals surface area contributed by atoms with Crippen molar-refractivity contribution in [2.75, 3.05) is 13.2 Å². The molecular formula is C25H24O3. The summed E-state index contributed by atoms with van der Waals surface area (Å²) in [5, 5.41) is 0. The zero-order valence-electron chi connectivity index (χ0n) is 16.0. The van der Waals surface area contributed by atoms with Crippen LogP contribution in [-0.2, 0) is 6.42 Å². The second-order valence-corrected chi connectivity index (χ2v) is 6.29. The molecule has 0 bridgehead atoms. The number of ketones is 1. The highest BCUT2D eigenvalue weighted by atomic mass is 16.5. The fourth-order valence-corrected chi connectivity index (χ4v) is 2.81. The Bertz CT molecular complexity index is 915. The second-order valence-electron chi connectivity index (χ2n) is 6.29. The first-order chi connectivity index (χ1) is 13.8. The van der Waals surface area contributed by atoms with Gasteiger partial charge in [-0.2, -0.15) is 0 Å². The zero-order valence-corrected chi connectivity index (χ0v) is 16.0. The fourth-order valence-electron chi connectivity index (χ4n) is 2.81. The maximum atomic E-state index is 12.2. The fraction of sp³-hybridized carbons (Fsp3) is 0.160. The van der Waals surface area contributed by atoms with E-state index >= 15 is 0 Å². The summed E-state index contributed by atoms with van der Waals surface area (Å²) in [7, 11) is 0. The van der Waals surface area contributed by atoms with Crippen molar-refractivity contribution in [3.05, 3.63) is 102 Å². The Kier molecular flexibility index (Phi) is 7.02. The molecule has 3 rings (SSSR count). The molecule has 0 unspecified atom stereocenters. The van der Waals surface area contributed by atoms with Crippen LogP contribution in [-0.4, -0.2) is 19.0 Å². The van der Waals surface area contributed by atoms with Gasteiger partial charge in [-0.25, -0.2) is 0 Å². The lowest BCUT2D eigenvalue weighted by molar-refractivity contribution is 0.104. The Morgan fingerprint density at radius 2 is 1.57 bits per heavy atom. The largest absolute Gasteiger partial charge is 0.490 e. The number of rotatable bonds is 9. The number of allylic oxidation sites excluding steroid dienone is 1. The van der Waals surface area contributed by atoms with Crippen LogP contribution in [0.5, 0.6) is 11.5 Å². The molecule has 142 valence electrons. The van der Waals surface area contributed by atoms with Crippen LogP contribution in [0.4, 0.5) is 0 Å². The maximum absolute atomic E-state index is 12.2. The summed E-state index contributed by atoms with van der Waals surface area (Å²) < 4.78 is 11.7. The van der Waals surface area contributed by atoms with Crippen molar-refractivity contribution in [3.8, 4) is 11.5 Å². The monoisotopic (exact) mass is 372 g/mol. The van der Waals surface area contributed by atoms with Crippen LogP contribution in [0.15, 0.2) is 84.9 Å². The van der Waals surface area contributed by atoms with Crippen molar-refractivity contribution >= 4 is 11.9 Å². The molecule has 0 atom stereocenters. The third-order valence-electron chi connectivity index (χ3n) is 4.24.